The van der Waals surface area contributed by atoms with Crippen LogP contribution in [0.5, 0.6) is 0 Å². The maximum atomic E-state index is 13.3. The summed E-state index contributed by atoms with van der Waals surface area (Å²) < 4.78 is 5.45. The molecular weight excluding hydrogens is 388 g/mol. The van der Waals surface area contributed by atoms with Crippen LogP contribution in [-0.2, 0) is 6.42 Å². The zero-order valence-corrected chi connectivity index (χ0v) is 17.1. The molecule has 0 spiro atoms. The van der Waals surface area contributed by atoms with Crippen molar-refractivity contribution in [3.8, 4) is 5.69 Å². The number of nitrogens with two attached hydrogens (primary N) is 1. The molecule has 0 bridgehead atoms. The standard InChI is InChI=1S/C20H22N6O2S/c1-3-15-18(29-24-23-15)20(28)25-10-4-5-16(25)17(27)14-11-22-26(19(14)21)13-8-6-12(2)7-9-13/h6-9,11,16H,3-5,10,21H2,1-2H3. The molecule has 9 heteroatoms. The molecule has 1 aliphatic rings. The highest BCUT2D eigenvalue weighted by molar-refractivity contribution is 7.08. The van der Waals surface area contributed by atoms with E-state index in [0.29, 0.717) is 35.5 Å². The summed E-state index contributed by atoms with van der Waals surface area (Å²) in [6, 6.07) is 7.18. The molecule has 1 unspecified atom stereocenters. The van der Waals surface area contributed by atoms with Gasteiger partial charge in [-0.2, -0.15) is 5.10 Å². The van der Waals surface area contributed by atoms with E-state index in [-0.39, 0.29) is 17.5 Å². The smallest absolute Gasteiger partial charge is 0.268 e. The number of rotatable bonds is 5. The fourth-order valence-corrected chi connectivity index (χ4v) is 4.34. The summed E-state index contributed by atoms with van der Waals surface area (Å²) in [5.41, 5.74) is 9.19. The monoisotopic (exact) mass is 410 g/mol. The number of anilines is 1. The van der Waals surface area contributed by atoms with Crippen molar-refractivity contribution in [1.29, 1.82) is 0 Å². The minimum Gasteiger partial charge on any atom is -0.383 e. The Balaban J connectivity index is 1.61. The predicted molar refractivity (Wildman–Crippen MR) is 110 cm³/mol. The zero-order valence-electron chi connectivity index (χ0n) is 16.3. The summed E-state index contributed by atoms with van der Waals surface area (Å²) in [7, 11) is 0. The molecule has 4 rings (SSSR count). The van der Waals surface area contributed by atoms with Crippen molar-refractivity contribution in [1.82, 2.24) is 24.3 Å². The minimum atomic E-state index is -0.549. The van der Waals surface area contributed by atoms with Crippen LogP contribution in [0.1, 0.15) is 51.1 Å². The molecule has 1 saturated heterocycles. The molecule has 150 valence electrons. The Labute approximate surface area is 172 Å². The van der Waals surface area contributed by atoms with Gasteiger partial charge in [0.25, 0.3) is 5.91 Å². The maximum absolute atomic E-state index is 13.3. The Hall–Kier alpha value is -3.07. The van der Waals surface area contributed by atoms with E-state index in [1.165, 1.54) is 6.20 Å². The topological polar surface area (TPSA) is 107 Å². The predicted octanol–water partition coefficient (Wildman–Crippen LogP) is 2.66. The highest BCUT2D eigenvalue weighted by Gasteiger charge is 2.37. The van der Waals surface area contributed by atoms with Gasteiger partial charge in [0.2, 0.25) is 0 Å². The van der Waals surface area contributed by atoms with Crippen molar-refractivity contribution in [3.63, 3.8) is 0 Å². The van der Waals surface area contributed by atoms with E-state index in [1.807, 2.05) is 38.1 Å². The first kappa shape index (κ1) is 19.3. The van der Waals surface area contributed by atoms with E-state index in [9.17, 15) is 9.59 Å². The average Bonchev–Trinajstić information content (AvgIpc) is 3.47. The molecule has 1 atom stereocenters. The fraction of sp³-hybridized carbons (Fsp3) is 0.350. The third-order valence-corrected chi connectivity index (χ3v) is 6.01. The first-order chi connectivity index (χ1) is 14.0. The highest BCUT2D eigenvalue weighted by Crippen LogP contribution is 2.28. The molecule has 29 heavy (non-hydrogen) atoms. The second-order valence-electron chi connectivity index (χ2n) is 7.11. The number of Topliss-reactive ketones (excluding diaryl/α,β-unsaturated/α-hetero) is 1. The van der Waals surface area contributed by atoms with Crippen LogP contribution in [-0.4, -0.2) is 48.5 Å². The van der Waals surface area contributed by atoms with E-state index >= 15 is 0 Å². The third kappa shape index (κ3) is 3.42. The number of benzene rings is 1. The summed E-state index contributed by atoms with van der Waals surface area (Å²) in [6.07, 6.45) is 3.49. The summed E-state index contributed by atoms with van der Waals surface area (Å²) in [6.45, 7) is 4.46. The van der Waals surface area contributed by atoms with Gasteiger partial charge in [-0.1, -0.05) is 29.1 Å². The Morgan fingerprint density at radius 2 is 2.03 bits per heavy atom. The van der Waals surface area contributed by atoms with Gasteiger partial charge in [-0.25, -0.2) is 4.68 Å². The third-order valence-electron chi connectivity index (χ3n) is 5.25. The van der Waals surface area contributed by atoms with Crippen molar-refractivity contribution in [2.75, 3.05) is 12.3 Å². The Morgan fingerprint density at radius 3 is 2.76 bits per heavy atom. The number of hydrogen-bond donors (Lipinski definition) is 1. The molecule has 3 heterocycles. The molecule has 1 fully saturated rings. The van der Waals surface area contributed by atoms with Crippen molar-refractivity contribution in [2.24, 2.45) is 0 Å². The number of nitrogens with zero attached hydrogens (tertiary/aromatic N) is 5. The summed E-state index contributed by atoms with van der Waals surface area (Å²) in [5.74, 6) is -0.0775. The molecular formula is C20H22N6O2S. The Kier molecular flexibility index (Phi) is 5.14. The Morgan fingerprint density at radius 1 is 1.28 bits per heavy atom. The van der Waals surface area contributed by atoms with Gasteiger partial charge >= 0.3 is 0 Å². The molecule has 0 saturated carbocycles. The largest absolute Gasteiger partial charge is 0.383 e. The van der Waals surface area contributed by atoms with Gasteiger partial charge in [0, 0.05) is 6.54 Å². The molecule has 8 nitrogen and oxygen atoms in total. The van der Waals surface area contributed by atoms with E-state index in [0.717, 1.165) is 29.2 Å². The lowest BCUT2D eigenvalue weighted by molar-refractivity contribution is 0.0674. The SMILES string of the molecule is CCc1nnsc1C(=O)N1CCCC1C(=O)c1cnn(-c2ccc(C)cc2)c1N. The van der Waals surface area contributed by atoms with Crippen molar-refractivity contribution in [3.05, 3.63) is 52.2 Å². The summed E-state index contributed by atoms with van der Waals surface area (Å²) in [5, 5.41) is 8.32. The molecule has 3 aromatic rings. The van der Waals surface area contributed by atoms with E-state index in [4.69, 9.17) is 5.73 Å². The van der Waals surface area contributed by atoms with Crippen LogP contribution in [0.2, 0.25) is 0 Å². The van der Waals surface area contributed by atoms with Gasteiger partial charge < -0.3 is 10.6 Å². The first-order valence-electron chi connectivity index (χ1n) is 9.58. The molecule has 0 aliphatic carbocycles. The average molecular weight is 411 g/mol. The molecule has 2 aromatic heterocycles. The number of carbonyl (C=O) groups is 2. The second kappa shape index (κ2) is 7.75. The molecule has 2 N–H and O–H groups in total. The van der Waals surface area contributed by atoms with Gasteiger partial charge in [-0.15, -0.1) is 5.10 Å². The number of ketones is 1. The van der Waals surface area contributed by atoms with Gasteiger partial charge in [0.1, 0.15) is 10.7 Å². The van der Waals surface area contributed by atoms with Crippen LogP contribution in [0, 0.1) is 6.92 Å². The number of amides is 1. The van der Waals surface area contributed by atoms with E-state index in [1.54, 1.807) is 9.58 Å². The van der Waals surface area contributed by atoms with Crippen LogP contribution < -0.4 is 5.73 Å². The van der Waals surface area contributed by atoms with Crippen molar-refractivity contribution < 1.29 is 9.59 Å². The van der Waals surface area contributed by atoms with Gasteiger partial charge in [0.05, 0.1) is 29.2 Å². The van der Waals surface area contributed by atoms with Crippen LogP contribution in [0.3, 0.4) is 0 Å². The lowest BCUT2D eigenvalue weighted by Crippen LogP contribution is -2.40. The maximum Gasteiger partial charge on any atom is 0.268 e. The van der Waals surface area contributed by atoms with Crippen LogP contribution in [0.15, 0.2) is 30.5 Å². The van der Waals surface area contributed by atoms with Crippen LogP contribution in [0.4, 0.5) is 5.82 Å². The number of aromatic nitrogens is 4. The van der Waals surface area contributed by atoms with E-state index in [2.05, 4.69) is 14.7 Å². The number of aryl methyl sites for hydroxylation is 2. The minimum absolute atomic E-state index is 0.178. The van der Waals surface area contributed by atoms with Crippen LogP contribution in [0.25, 0.3) is 5.69 Å². The fourth-order valence-electron chi connectivity index (χ4n) is 3.63. The second-order valence-corrected chi connectivity index (χ2v) is 7.87. The van der Waals surface area contributed by atoms with Crippen LogP contribution >= 0.6 is 11.5 Å². The number of nitrogen functional groups attached to an aromatic ring is 1. The molecule has 1 aromatic carbocycles. The molecule has 1 aliphatic heterocycles. The Bertz CT molecular complexity index is 1060. The van der Waals surface area contributed by atoms with E-state index < -0.39 is 6.04 Å². The van der Waals surface area contributed by atoms with Gasteiger partial charge in [0.15, 0.2) is 5.78 Å². The molecule has 1 amide bonds. The number of hydrogen-bond acceptors (Lipinski definition) is 7. The normalized spacial score (nSPS) is 16.3. The van der Waals surface area contributed by atoms with Gasteiger partial charge in [-0.05, 0) is 49.9 Å². The lowest BCUT2D eigenvalue weighted by atomic mass is 10.0. The number of carbonyl (C=O) groups excluding carboxylic acids is 2. The first-order valence-corrected chi connectivity index (χ1v) is 10.4. The summed E-state index contributed by atoms with van der Waals surface area (Å²) in [4.78, 5) is 28.4. The van der Waals surface area contributed by atoms with Gasteiger partial charge in [-0.3, -0.25) is 9.59 Å². The van der Waals surface area contributed by atoms with Crippen molar-refractivity contribution >= 4 is 29.0 Å². The summed E-state index contributed by atoms with van der Waals surface area (Å²) >= 11 is 1.08. The van der Waals surface area contributed by atoms with Crippen molar-refractivity contribution in [2.45, 2.75) is 39.2 Å². The highest BCUT2D eigenvalue weighted by atomic mass is 32.1. The quantitative estimate of drug-likeness (QED) is 0.648. The number of likely N-dealkylation sites (tertiary alicyclic amines) is 1. The lowest BCUT2D eigenvalue weighted by Gasteiger charge is -2.23. The zero-order chi connectivity index (χ0) is 20.5. The molecule has 0 radical (unpaired) electrons.